The summed E-state index contributed by atoms with van der Waals surface area (Å²) in [6.45, 7) is 6.66. The van der Waals surface area contributed by atoms with Gasteiger partial charge in [0.25, 0.3) is 11.5 Å². The smallest absolute Gasteiger partial charge is 0.269 e. The molecule has 2 unspecified atom stereocenters. The molecule has 0 radical (unpaired) electrons. The van der Waals surface area contributed by atoms with E-state index >= 15 is 0 Å². The molecule has 0 aromatic carbocycles. The molecule has 172 valence electrons. The number of carbonyl (C=O) groups excluding carboxylic acids is 1. The molecule has 2 saturated heterocycles. The minimum atomic E-state index is -0.161. The third-order valence-electron chi connectivity index (χ3n) is 7.06. The quantitative estimate of drug-likeness (QED) is 0.625. The van der Waals surface area contributed by atoms with Gasteiger partial charge < -0.3 is 15.2 Å². The molecule has 3 aromatic rings. The number of aromatic nitrogens is 3. The third-order valence-corrected chi connectivity index (χ3v) is 7.06. The van der Waals surface area contributed by atoms with Crippen LogP contribution in [0.25, 0.3) is 11.0 Å². The second-order valence-corrected chi connectivity index (χ2v) is 9.10. The van der Waals surface area contributed by atoms with E-state index < -0.39 is 0 Å². The highest BCUT2D eigenvalue weighted by molar-refractivity contribution is 5.92. The molecular weight excluding hydrogens is 416 g/mol. The Labute approximate surface area is 193 Å². The average molecular weight is 447 g/mol. The van der Waals surface area contributed by atoms with E-state index in [0.717, 1.165) is 53.2 Å². The van der Waals surface area contributed by atoms with Crippen molar-refractivity contribution >= 4 is 22.6 Å². The van der Waals surface area contributed by atoms with Crippen LogP contribution in [-0.4, -0.2) is 58.0 Å². The van der Waals surface area contributed by atoms with Crippen LogP contribution in [0.2, 0.25) is 0 Å². The first-order valence-corrected chi connectivity index (χ1v) is 11.7. The van der Waals surface area contributed by atoms with Crippen LogP contribution in [0.15, 0.2) is 35.3 Å². The molecule has 2 atom stereocenters. The van der Waals surface area contributed by atoms with Crippen LogP contribution in [0.4, 0.5) is 5.69 Å². The van der Waals surface area contributed by atoms with Crippen molar-refractivity contribution in [3.8, 4) is 0 Å². The predicted molar refractivity (Wildman–Crippen MR) is 129 cm³/mol. The average Bonchev–Trinajstić information content (AvgIpc) is 3.04. The summed E-state index contributed by atoms with van der Waals surface area (Å²) in [4.78, 5) is 41.3. The monoisotopic (exact) mass is 446 g/mol. The van der Waals surface area contributed by atoms with Crippen LogP contribution in [0.5, 0.6) is 0 Å². The predicted octanol–water partition coefficient (Wildman–Crippen LogP) is 2.40. The van der Waals surface area contributed by atoms with Crippen LogP contribution in [-0.2, 0) is 13.0 Å². The number of anilines is 1. The lowest BCUT2D eigenvalue weighted by atomic mass is 10.1. The second kappa shape index (κ2) is 8.59. The summed E-state index contributed by atoms with van der Waals surface area (Å²) in [5.41, 5.74) is 5.96. The fraction of sp³-hybridized carbons (Fsp3) is 0.440. The maximum absolute atomic E-state index is 12.2. The largest absolute Gasteiger partial charge is 0.367 e. The standard InChI is InChI=1S/C25H30N6O2/c1-4-17-10-21-22(29-24(17)32)9-16(11-27-21)12-31-18-5-6-19(31)14-30(13-18)23-8-7-20(25(33)26-3)28-15(23)2/h7-11,18-19H,4-6,12-14H2,1-3H3,(H,26,33)(H,29,32). The first-order valence-electron chi connectivity index (χ1n) is 11.7. The number of fused-ring (bicyclic) bond motifs is 3. The zero-order valence-corrected chi connectivity index (χ0v) is 19.4. The van der Waals surface area contributed by atoms with Crippen molar-refractivity contribution in [1.82, 2.24) is 25.2 Å². The number of aryl methyl sites for hydroxylation is 2. The molecule has 8 heteroatoms. The van der Waals surface area contributed by atoms with Gasteiger partial charge in [0.2, 0.25) is 0 Å². The third kappa shape index (κ3) is 3.99. The molecule has 0 saturated carbocycles. The Morgan fingerprint density at radius 1 is 1.21 bits per heavy atom. The molecule has 5 heterocycles. The molecule has 2 aliphatic heterocycles. The number of carbonyl (C=O) groups is 1. The van der Waals surface area contributed by atoms with Crippen molar-refractivity contribution < 1.29 is 4.79 Å². The second-order valence-electron chi connectivity index (χ2n) is 9.10. The topological polar surface area (TPSA) is 94.2 Å². The van der Waals surface area contributed by atoms with Crippen molar-refractivity contribution in [3.05, 3.63) is 63.3 Å². The van der Waals surface area contributed by atoms with E-state index in [1.54, 1.807) is 13.1 Å². The number of nitrogens with zero attached hydrogens (tertiary/aromatic N) is 4. The van der Waals surface area contributed by atoms with Crippen molar-refractivity contribution in [1.29, 1.82) is 0 Å². The highest BCUT2D eigenvalue weighted by Gasteiger charge is 2.40. The molecule has 2 fully saturated rings. The number of pyridine rings is 3. The van der Waals surface area contributed by atoms with E-state index in [4.69, 9.17) is 0 Å². The van der Waals surface area contributed by atoms with E-state index in [-0.39, 0.29) is 11.5 Å². The first kappa shape index (κ1) is 21.6. The van der Waals surface area contributed by atoms with Gasteiger partial charge in [-0.25, -0.2) is 4.98 Å². The zero-order chi connectivity index (χ0) is 23.1. The Hall–Kier alpha value is -3.26. The number of H-pyrrole nitrogens is 1. The Morgan fingerprint density at radius 2 is 1.97 bits per heavy atom. The fourth-order valence-electron chi connectivity index (χ4n) is 5.31. The van der Waals surface area contributed by atoms with E-state index in [0.29, 0.717) is 24.2 Å². The van der Waals surface area contributed by atoms with Gasteiger partial charge in [-0.05, 0) is 56.0 Å². The Balaban J connectivity index is 1.33. The Kier molecular flexibility index (Phi) is 5.62. The zero-order valence-electron chi connectivity index (χ0n) is 19.4. The summed E-state index contributed by atoms with van der Waals surface area (Å²) in [7, 11) is 1.62. The molecule has 0 aliphatic carbocycles. The minimum absolute atomic E-state index is 0.0240. The number of aromatic amines is 1. The molecular formula is C25H30N6O2. The van der Waals surface area contributed by atoms with E-state index in [1.165, 1.54) is 12.8 Å². The lowest BCUT2D eigenvalue weighted by Gasteiger charge is -2.42. The van der Waals surface area contributed by atoms with Crippen LogP contribution >= 0.6 is 0 Å². The molecule has 1 amide bonds. The van der Waals surface area contributed by atoms with Crippen LogP contribution in [0, 0.1) is 6.92 Å². The fourth-order valence-corrected chi connectivity index (χ4v) is 5.31. The SMILES string of the molecule is CCc1cc2ncc(CN3C4CCC3CN(c3ccc(C(=O)NC)nc3C)C4)cc2[nH]c1=O. The minimum Gasteiger partial charge on any atom is -0.367 e. The van der Waals surface area contributed by atoms with Crippen LogP contribution in [0.1, 0.15) is 47.1 Å². The number of rotatable bonds is 5. The summed E-state index contributed by atoms with van der Waals surface area (Å²) in [5, 5.41) is 2.63. The molecule has 3 aromatic heterocycles. The molecule has 2 bridgehead atoms. The maximum Gasteiger partial charge on any atom is 0.269 e. The summed E-state index contributed by atoms with van der Waals surface area (Å²) in [6, 6.07) is 8.71. The number of amides is 1. The van der Waals surface area contributed by atoms with Gasteiger partial charge in [-0.3, -0.25) is 19.5 Å². The maximum atomic E-state index is 12.2. The highest BCUT2D eigenvalue weighted by Crippen LogP contribution is 2.34. The van der Waals surface area contributed by atoms with Crippen molar-refractivity contribution in [3.63, 3.8) is 0 Å². The van der Waals surface area contributed by atoms with E-state index in [1.807, 2.05) is 32.2 Å². The van der Waals surface area contributed by atoms with Crippen LogP contribution in [0.3, 0.4) is 0 Å². The molecule has 2 aliphatic rings. The van der Waals surface area contributed by atoms with Gasteiger partial charge in [0.1, 0.15) is 5.69 Å². The van der Waals surface area contributed by atoms with E-state index in [9.17, 15) is 9.59 Å². The highest BCUT2D eigenvalue weighted by atomic mass is 16.1. The lowest BCUT2D eigenvalue weighted by Crippen LogP contribution is -2.53. The van der Waals surface area contributed by atoms with Crippen LogP contribution < -0.4 is 15.8 Å². The first-order chi connectivity index (χ1) is 16.0. The number of piperazine rings is 1. The number of nitrogens with one attached hydrogen (secondary N) is 2. The van der Waals surface area contributed by atoms with Gasteiger partial charge in [0.15, 0.2) is 0 Å². The Bertz CT molecular complexity index is 1260. The van der Waals surface area contributed by atoms with E-state index in [2.05, 4.69) is 36.1 Å². The van der Waals surface area contributed by atoms with Gasteiger partial charge in [-0.15, -0.1) is 0 Å². The number of hydrogen-bond acceptors (Lipinski definition) is 6. The Morgan fingerprint density at radius 3 is 2.64 bits per heavy atom. The van der Waals surface area contributed by atoms with Crippen molar-refractivity contribution in [2.45, 2.75) is 51.7 Å². The normalized spacial score (nSPS) is 20.4. The summed E-state index contributed by atoms with van der Waals surface area (Å²) in [6.07, 6.45) is 4.98. The van der Waals surface area contributed by atoms with Gasteiger partial charge >= 0.3 is 0 Å². The summed E-state index contributed by atoms with van der Waals surface area (Å²) in [5.74, 6) is -0.161. The van der Waals surface area contributed by atoms with Crippen molar-refractivity contribution in [2.24, 2.45) is 0 Å². The molecule has 2 N–H and O–H groups in total. The molecule has 8 nitrogen and oxygen atoms in total. The van der Waals surface area contributed by atoms with Gasteiger partial charge in [0.05, 0.1) is 22.4 Å². The van der Waals surface area contributed by atoms with Gasteiger partial charge in [-0.2, -0.15) is 0 Å². The van der Waals surface area contributed by atoms with Gasteiger partial charge in [0, 0.05) is 50.5 Å². The summed E-state index contributed by atoms with van der Waals surface area (Å²) >= 11 is 0. The van der Waals surface area contributed by atoms with Crippen molar-refractivity contribution in [2.75, 3.05) is 25.0 Å². The molecule has 33 heavy (non-hydrogen) atoms. The number of hydrogen-bond donors (Lipinski definition) is 2. The summed E-state index contributed by atoms with van der Waals surface area (Å²) < 4.78 is 0. The van der Waals surface area contributed by atoms with Gasteiger partial charge in [-0.1, -0.05) is 6.92 Å². The molecule has 5 rings (SSSR count). The molecule has 0 spiro atoms. The lowest BCUT2D eigenvalue weighted by molar-refractivity contribution is 0.0958.